The molecule has 0 aliphatic carbocycles. The van der Waals surface area contributed by atoms with Crippen LogP contribution in [-0.2, 0) is 0 Å². The Kier molecular flexibility index (Phi) is 2.12. The predicted octanol–water partition coefficient (Wildman–Crippen LogP) is -1.23. The summed E-state index contributed by atoms with van der Waals surface area (Å²) in [6.07, 6.45) is 2.05. The first-order chi connectivity index (χ1) is 7.61. The number of fused-ring (bicyclic) bond motifs is 1. The van der Waals surface area contributed by atoms with Crippen molar-refractivity contribution in [1.29, 1.82) is 0 Å². The Balaban J connectivity index is 2.81. The van der Waals surface area contributed by atoms with Crippen LogP contribution in [0.4, 0.5) is 5.95 Å². The van der Waals surface area contributed by atoms with Gasteiger partial charge in [0.05, 0.1) is 12.4 Å². The van der Waals surface area contributed by atoms with Crippen LogP contribution in [0.5, 0.6) is 0 Å². The molecule has 0 bridgehead atoms. The van der Waals surface area contributed by atoms with Crippen LogP contribution < -0.4 is 11.3 Å². The minimum Gasteiger partial charge on any atom is -0.427 e. The van der Waals surface area contributed by atoms with Gasteiger partial charge in [0.1, 0.15) is 5.69 Å². The molecule has 0 radical (unpaired) electrons. The molecule has 0 amide bonds. The Bertz CT molecular complexity index is 592. The quantitative estimate of drug-likeness (QED) is 0.237. The highest BCUT2D eigenvalue weighted by atomic mass is 16.5. The van der Waals surface area contributed by atoms with Crippen LogP contribution in [-0.4, -0.2) is 36.3 Å². The molecule has 0 unspecified atom stereocenters. The second-order valence-corrected chi connectivity index (χ2v) is 2.81. The molecule has 82 valence electrons. The third-order valence-electron chi connectivity index (χ3n) is 1.75. The smallest absolute Gasteiger partial charge is 0.302 e. The Hall–Kier alpha value is -2.71. The van der Waals surface area contributed by atoms with E-state index >= 15 is 0 Å². The lowest BCUT2D eigenvalue weighted by atomic mass is 10.3. The molecule has 2 rings (SSSR count). The minimum atomic E-state index is -0.724. The molecule has 0 atom stereocenters. The van der Waals surface area contributed by atoms with Gasteiger partial charge in [0.2, 0.25) is 11.8 Å². The third-order valence-corrected chi connectivity index (χ3v) is 1.75. The van der Waals surface area contributed by atoms with E-state index in [4.69, 9.17) is 10.9 Å². The highest BCUT2D eigenvalue weighted by molar-refractivity contribution is 5.77. The Morgan fingerprint density at radius 2 is 2.19 bits per heavy atom. The van der Waals surface area contributed by atoms with Crippen molar-refractivity contribution in [3.8, 4) is 11.5 Å². The Labute approximate surface area is 87.8 Å². The minimum absolute atomic E-state index is 0.0722. The number of rotatable bonds is 1. The second kappa shape index (κ2) is 3.46. The number of hydrogen-bond donors (Lipinski definition) is 3. The van der Waals surface area contributed by atoms with E-state index in [0.717, 1.165) is 12.4 Å². The topological polar surface area (TPSA) is 140 Å². The summed E-state index contributed by atoms with van der Waals surface area (Å²) < 4.78 is 0.554. The van der Waals surface area contributed by atoms with Crippen molar-refractivity contribution in [2.75, 3.05) is 5.73 Å². The standard InChI is InChI=1S/C7H6N6O3/c8-7-11-5-4(6(14)12-7)10-3(1-9-15)2-13(5)16/h1-2,15-16H,(H2,8,12,14)/b9-1+. The average molecular weight is 222 g/mol. The fourth-order valence-electron chi connectivity index (χ4n) is 1.16. The van der Waals surface area contributed by atoms with Crippen LogP contribution in [0.2, 0.25) is 0 Å². The number of nitrogens with zero attached hydrogens (tertiary/aromatic N) is 5. The van der Waals surface area contributed by atoms with Gasteiger partial charge in [0, 0.05) is 0 Å². The first kappa shape index (κ1) is 9.83. The zero-order valence-electron chi connectivity index (χ0n) is 7.77. The third kappa shape index (κ3) is 1.49. The molecule has 0 aromatic carbocycles. The summed E-state index contributed by atoms with van der Waals surface area (Å²) in [6, 6.07) is 0. The maximum absolute atomic E-state index is 11.4. The van der Waals surface area contributed by atoms with Crippen molar-refractivity contribution >= 4 is 12.2 Å². The van der Waals surface area contributed by atoms with Crippen molar-refractivity contribution in [2.45, 2.75) is 0 Å². The molecule has 0 fully saturated rings. The van der Waals surface area contributed by atoms with E-state index in [1.54, 1.807) is 0 Å². The van der Waals surface area contributed by atoms with E-state index in [0.29, 0.717) is 4.73 Å². The molecule has 0 aromatic rings. The molecular weight excluding hydrogens is 216 g/mol. The molecule has 0 aromatic heterocycles. The van der Waals surface area contributed by atoms with E-state index in [-0.39, 0.29) is 23.2 Å². The molecule has 2 heterocycles. The van der Waals surface area contributed by atoms with Crippen LogP contribution in [0, 0.1) is 0 Å². The van der Waals surface area contributed by atoms with Crippen molar-refractivity contribution in [2.24, 2.45) is 5.16 Å². The highest BCUT2D eigenvalue weighted by Gasteiger charge is 2.16. The van der Waals surface area contributed by atoms with Crippen LogP contribution in [0.25, 0.3) is 11.5 Å². The summed E-state index contributed by atoms with van der Waals surface area (Å²) in [4.78, 5) is 22.2. The summed E-state index contributed by atoms with van der Waals surface area (Å²) in [5.41, 5.74) is 4.43. The molecule has 0 saturated carbocycles. The van der Waals surface area contributed by atoms with Gasteiger partial charge in [-0.05, 0) is 0 Å². The lowest BCUT2D eigenvalue weighted by Gasteiger charge is -2.07. The van der Waals surface area contributed by atoms with Gasteiger partial charge in [0.25, 0.3) is 0 Å². The van der Waals surface area contributed by atoms with Gasteiger partial charge in [-0.25, -0.2) is 4.98 Å². The van der Waals surface area contributed by atoms with E-state index < -0.39 is 5.56 Å². The second-order valence-electron chi connectivity index (χ2n) is 2.81. The Morgan fingerprint density at radius 1 is 1.44 bits per heavy atom. The van der Waals surface area contributed by atoms with E-state index in [1.165, 1.54) is 0 Å². The van der Waals surface area contributed by atoms with E-state index in [2.05, 4.69) is 20.1 Å². The molecule has 9 heteroatoms. The molecule has 4 N–H and O–H groups in total. The van der Waals surface area contributed by atoms with Crippen molar-refractivity contribution in [3.63, 3.8) is 0 Å². The lowest BCUT2D eigenvalue weighted by molar-refractivity contribution is 0.185. The largest absolute Gasteiger partial charge is 0.427 e. The number of hydrogen-bond acceptors (Lipinski definition) is 8. The maximum atomic E-state index is 11.4. The monoisotopic (exact) mass is 222 g/mol. The molecule has 9 nitrogen and oxygen atoms in total. The highest BCUT2D eigenvalue weighted by Crippen LogP contribution is 2.11. The van der Waals surface area contributed by atoms with Gasteiger partial charge >= 0.3 is 5.56 Å². The van der Waals surface area contributed by atoms with Crippen LogP contribution in [0.3, 0.4) is 0 Å². The van der Waals surface area contributed by atoms with Crippen LogP contribution in [0.15, 0.2) is 16.1 Å². The van der Waals surface area contributed by atoms with Crippen LogP contribution in [0.1, 0.15) is 5.69 Å². The van der Waals surface area contributed by atoms with Gasteiger partial charge in [-0.3, -0.25) is 4.79 Å². The normalized spacial score (nSPS) is 11.2. The fraction of sp³-hybridized carbons (Fsp3) is 0. The van der Waals surface area contributed by atoms with Gasteiger partial charge in [-0.15, -0.1) is 0 Å². The molecule has 0 spiro atoms. The molecule has 0 saturated heterocycles. The van der Waals surface area contributed by atoms with Crippen molar-refractivity contribution in [1.82, 2.24) is 19.7 Å². The molecule has 16 heavy (non-hydrogen) atoms. The lowest BCUT2D eigenvalue weighted by Crippen LogP contribution is -2.21. The first-order valence-corrected chi connectivity index (χ1v) is 4.05. The van der Waals surface area contributed by atoms with Gasteiger partial charge in [0.15, 0.2) is 5.69 Å². The van der Waals surface area contributed by atoms with Crippen molar-refractivity contribution < 1.29 is 10.4 Å². The average Bonchev–Trinajstić information content (AvgIpc) is 2.20. The number of nitrogens with two attached hydrogens (primary N) is 1. The Morgan fingerprint density at radius 3 is 2.88 bits per heavy atom. The first-order valence-electron chi connectivity index (χ1n) is 4.05. The van der Waals surface area contributed by atoms with E-state index in [9.17, 15) is 10.0 Å². The summed E-state index contributed by atoms with van der Waals surface area (Å²) in [6.45, 7) is 0. The number of nitrogen functional groups attached to an aromatic ring is 1. The zero-order valence-corrected chi connectivity index (χ0v) is 7.77. The summed E-state index contributed by atoms with van der Waals surface area (Å²) in [5, 5.41) is 20.5. The van der Waals surface area contributed by atoms with Gasteiger partial charge in [-0.1, -0.05) is 5.16 Å². The molecule has 2 aliphatic rings. The zero-order chi connectivity index (χ0) is 11.7. The van der Waals surface area contributed by atoms with Crippen LogP contribution >= 0.6 is 0 Å². The molecular formula is C7H6N6O3. The maximum Gasteiger partial charge on any atom is 0.302 e. The summed E-state index contributed by atoms with van der Waals surface area (Å²) in [7, 11) is 0. The SMILES string of the molecule is Nc1nc2n(O)cc(/C=N/O)nc-2c(=O)n1. The van der Waals surface area contributed by atoms with Crippen molar-refractivity contribution in [3.05, 3.63) is 22.2 Å². The predicted molar refractivity (Wildman–Crippen MR) is 51.7 cm³/mol. The molecule has 2 aliphatic heterocycles. The summed E-state index contributed by atoms with van der Waals surface area (Å²) in [5.74, 6) is -0.377. The number of aromatic nitrogens is 4. The number of oxime groups is 1. The summed E-state index contributed by atoms with van der Waals surface area (Å²) >= 11 is 0. The van der Waals surface area contributed by atoms with E-state index in [1.807, 2.05) is 0 Å². The van der Waals surface area contributed by atoms with Gasteiger partial charge < -0.3 is 16.1 Å². The fourth-order valence-corrected chi connectivity index (χ4v) is 1.16. The van der Waals surface area contributed by atoms with Gasteiger partial charge in [-0.2, -0.15) is 14.7 Å². The number of anilines is 1.